The summed E-state index contributed by atoms with van der Waals surface area (Å²) in [7, 11) is 0. The molecule has 0 unspecified atom stereocenters. The first-order valence-electron chi connectivity index (χ1n) is 20.4. The first-order valence-corrected chi connectivity index (χ1v) is 21.2. The van der Waals surface area contributed by atoms with E-state index >= 15 is 0 Å². The Balaban J connectivity index is 1.08. The van der Waals surface area contributed by atoms with E-state index in [9.17, 15) is 0 Å². The maximum Gasteiger partial charge on any atom is 0.164 e. The quantitative estimate of drug-likeness (QED) is 0.174. The van der Waals surface area contributed by atoms with E-state index in [1.165, 1.54) is 41.7 Å². The number of benzene rings is 9. The monoisotopic (exact) mass is 796 g/mol. The van der Waals surface area contributed by atoms with Crippen molar-refractivity contribution >= 4 is 86.0 Å². The van der Waals surface area contributed by atoms with E-state index in [1.807, 2.05) is 18.2 Å². The van der Waals surface area contributed by atoms with Gasteiger partial charge < -0.3 is 8.98 Å². The SMILES string of the molecule is c1ccc(-c2ccc(-c3nc(-c4ccc5c(c4)sc4ccccc45)nc(-c4cc(-n5c6ccccc6c6cc7ccccc7cc65)c5oc6ccccc6c5c4)n3)cc2)cc1. The van der Waals surface area contributed by atoms with Crippen molar-refractivity contribution in [1.82, 2.24) is 19.5 Å². The fraction of sp³-hybridized carbons (Fsp3) is 0. The number of nitrogens with zero attached hydrogens (tertiary/aromatic N) is 4. The molecule has 5 nitrogen and oxygen atoms in total. The normalized spacial score (nSPS) is 11.9. The Bertz CT molecular complexity index is 3880. The summed E-state index contributed by atoms with van der Waals surface area (Å²) >= 11 is 1.79. The number of para-hydroxylation sites is 2. The van der Waals surface area contributed by atoms with Gasteiger partial charge in [0.05, 0.1) is 16.7 Å². The van der Waals surface area contributed by atoms with E-state index in [-0.39, 0.29) is 0 Å². The molecule has 0 spiro atoms. The highest BCUT2D eigenvalue weighted by molar-refractivity contribution is 7.25. The van der Waals surface area contributed by atoms with Gasteiger partial charge in [-0.1, -0.05) is 146 Å². The van der Waals surface area contributed by atoms with Gasteiger partial charge in [0.1, 0.15) is 5.58 Å². The average molecular weight is 797 g/mol. The Morgan fingerprint density at radius 3 is 1.80 bits per heavy atom. The van der Waals surface area contributed by atoms with Crippen LogP contribution in [0.15, 0.2) is 199 Å². The molecule has 0 saturated carbocycles. The molecule has 13 aromatic rings. The molecule has 284 valence electrons. The molecule has 0 atom stereocenters. The van der Waals surface area contributed by atoms with Crippen molar-refractivity contribution in [2.24, 2.45) is 0 Å². The summed E-state index contributed by atoms with van der Waals surface area (Å²) in [6, 6.07) is 68.6. The molecule has 0 fully saturated rings. The van der Waals surface area contributed by atoms with Gasteiger partial charge >= 0.3 is 0 Å². The predicted octanol–water partition coefficient (Wildman–Crippen LogP) is 15.1. The summed E-state index contributed by atoms with van der Waals surface area (Å²) in [6.07, 6.45) is 0. The van der Waals surface area contributed by atoms with Crippen LogP contribution in [-0.4, -0.2) is 19.5 Å². The van der Waals surface area contributed by atoms with Crippen LogP contribution >= 0.6 is 11.3 Å². The van der Waals surface area contributed by atoms with Gasteiger partial charge in [-0.15, -0.1) is 11.3 Å². The third-order valence-electron chi connectivity index (χ3n) is 12.0. The van der Waals surface area contributed by atoms with Crippen molar-refractivity contribution < 1.29 is 4.42 Å². The van der Waals surface area contributed by atoms with Gasteiger partial charge in [0, 0.05) is 58.4 Å². The Hall–Kier alpha value is -7.93. The Morgan fingerprint density at radius 2 is 0.967 bits per heavy atom. The summed E-state index contributed by atoms with van der Waals surface area (Å²) in [5, 5.41) is 9.27. The van der Waals surface area contributed by atoms with Gasteiger partial charge in [0.15, 0.2) is 23.1 Å². The number of aromatic nitrogens is 4. The number of thiophene rings is 1. The third kappa shape index (κ3) is 5.43. The summed E-state index contributed by atoms with van der Waals surface area (Å²) in [5.41, 5.74) is 9.78. The third-order valence-corrected chi connectivity index (χ3v) is 13.2. The van der Waals surface area contributed by atoms with E-state index in [1.54, 1.807) is 11.3 Å². The van der Waals surface area contributed by atoms with Crippen LogP contribution in [0.4, 0.5) is 0 Å². The second-order valence-electron chi connectivity index (χ2n) is 15.6. The van der Waals surface area contributed by atoms with Crippen molar-refractivity contribution in [2.75, 3.05) is 0 Å². The zero-order chi connectivity index (χ0) is 40.0. The van der Waals surface area contributed by atoms with Crippen molar-refractivity contribution in [2.45, 2.75) is 0 Å². The molecular formula is C55H32N4OS. The molecule has 0 aliphatic carbocycles. The van der Waals surface area contributed by atoms with Crippen molar-refractivity contribution in [3.8, 4) is 51.0 Å². The zero-order valence-corrected chi connectivity index (χ0v) is 33.4. The van der Waals surface area contributed by atoms with E-state index in [2.05, 4.69) is 180 Å². The predicted molar refractivity (Wildman–Crippen MR) is 254 cm³/mol. The summed E-state index contributed by atoms with van der Waals surface area (Å²) in [5.74, 6) is 1.81. The van der Waals surface area contributed by atoms with Gasteiger partial charge in [-0.25, -0.2) is 15.0 Å². The number of hydrogen-bond acceptors (Lipinski definition) is 5. The molecule has 13 rings (SSSR count). The Labute approximate surface area is 353 Å². The minimum atomic E-state index is 0.586. The highest BCUT2D eigenvalue weighted by Gasteiger charge is 2.22. The van der Waals surface area contributed by atoms with Crippen LogP contribution in [0.3, 0.4) is 0 Å². The van der Waals surface area contributed by atoms with E-state index in [0.717, 1.165) is 66.5 Å². The minimum absolute atomic E-state index is 0.586. The molecule has 0 aliphatic heterocycles. The molecule has 0 aliphatic rings. The first kappa shape index (κ1) is 34.0. The molecule has 61 heavy (non-hydrogen) atoms. The fourth-order valence-electron chi connectivity index (χ4n) is 9.09. The van der Waals surface area contributed by atoms with Crippen LogP contribution in [0.5, 0.6) is 0 Å². The highest BCUT2D eigenvalue weighted by atomic mass is 32.1. The molecule has 0 amide bonds. The van der Waals surface area contributed by atoms with Crippen molar-refractivity contribution in [1.29, 1.82) is 0 Å². The molecule has 9 aromatic carbocycles. The van der Waals surface area contributed by atoms with Crippen LogP contribution in [-0.2, 0) is 0 Å². The summed E-state index contributed by atoms with van der Waals surface area (Å²) in [4.78, 5) is 15.8. The molecule has 4 heterocycles. The van der Waals surface area contributed by atoms with Crippen LogP contribution in [0.1, 0.15) is 0 Å². The molecule has 0 N–H and O–H groups in total. The lowest BCUT2D eigenvalue weighted by molar-refractivity contribution is 0.666. The lowest BCUT2D eigenvalue weighted by Crippen LogP contribution is -2.01. The maximum atomic E-state index is 6.81. The summed E-state index contributed by atoms with van der Waals surface area (Å²) in [6.45, 7) is 0. The second-order valence-corrected chi connectivity index (χ2v) is 16.7. The van der Waals surface area contributed by atoms with Crippen LogP contribution < -0.4 is 0 Å². The smallest absolute Gasteiger partial charge is 0.164 e. The zero-order valence-electron chi connectivity index (χ0n) is 32.6. The second kappa shape index (κ2) is 13.3. The first-order chi connectivity index (χ1) is 30.2. The van der Waals surface area contributed by atoms with E-state index in [0.29, 0.717) is 17.5 Å². The average Bonchev–Trinajstić information content (AvgIpc) is 4.00. The molecular weight excluding hydrogens is 765 g/mol. The van der Waals surface area contributed by atoms with Crippen LogP contribution in [0.2, 0.25) is 0 Å². The van der Waals surface area contributed by atoms with E-state index < -0.39 is 0 Å². The van der Waals surface area contributed by atoms with Gasteiger partial charge in [0.2, 0.25) is 0 Å². The Morgan fingerprint density at radius 1 is 0.361 bits per heavy atom. The lowest BCUT2D eigenvalue weighted by Gasteiger charge is -2.13. The molecule has 6 heteroatoms. The number of furan rings is 1. The van der Waals surface area contributed by atoms with Gasteiger partial charge in [-0.2, -0.15) is 0 Å². The van der Waals surface area contributed by atoms with Crippen LogP contribution in [0, 0.1) is 0 Å². The lowest BCUT2D eigenvalue weighted by atomic mass is 10.0. The molecule has 0 saturated heterocycles. The van der Waals surface area contributed by atoms with Gasteiger partial charge in [0.25, 0.3) is 0 Å². The summed E-state index contributed by atoms with van der Waals surface area (Å²) < 4.78 is 11.6. The number of hydrogen-bond donors (Lipinski definition) is 0. The molecule has 0 bridgehead atoms. The number of rotatable bonds is 5. The standard InChI is InChI=1S/C55H32N4OS/c1-2-12-33(13-3-1)34-22-24-35(25-23-34)53-56-54(38-26-27-43-42-18-8-11-21-50(42)61-51(43)32-38)58-55(57-53)39-29-45-41-17-7-10-20-49(41)60-52(45)48(31-39)59-46-19-9-6-16-40(46)44-28-36-14-4-5-15-37(36)30-47(44)59/h1-32H. The maximum absolute atomic E-state index is 6.81. The van der Waals surface area contributed by atoms with E-state index in [4.69, 9.17) is 19.4 Å². The largest absolute Gasteiger partial charge is 0.454 e. The van der Waals surface area contributed by atoms with Gasteiger partial charge in [-0.05, 0) is 70.4 Å². The van der Waals surface area contributed by atoms with Crippen molar-refractivity contribution in [3.63, 3.8) is 0 Å². The topological polar surface area (TPSA) is 56.7 Å². The van der Waals surface area contributed by atoms with Crippen LogP contribution in [0.25, 0.3) is 126 Å². The number of fused-ring (bicyclic) bond motifs is 10. The molecule has 4 aromatic heterocycles. The highest BCUT2D eigenvalue weighted by Crippen LogP contribution is 2.42. The van der Waals surface area contributed by atoms with Crippen molar-refractivity contribution in [3.05, 3.63) is 194 Å². The Kier molecular flexibility index (Phi) is 7.41. The fourth-order valence-corrected chi connectivity index (χ4v) is 10.2. The minimum Gasteiger partial charge on any atom is -0.454 e. The molecule has 0 radical (unpaired) electrons. The van der Waals surface area contributed by atoms with Gasteiger partial charge in [-0.3, -0.25) is 0 Å².